The summed E-state index contributed by atoms with van der Waals surface area (Å²) in [4.78, 5) is 3.81. The van der Waals surface area contributed by atoms with Crippen molar-refractivity contribution in [1.82, 2.24) is 4.98 Å². The molecule has 2 aromatic rings. The van der Waals surface area contributed by atoms with E-state index in [-0.39, 0.29) is 16.2 Å². The highest BCUT2D eigenvalue weighted by Gasteiger charge is 2.39. The molecular formula is C17H12ClF3N2S. The number of alkyl halides is 3. The number of fused-ring (bicyclic) bond motifs is 1. The van der Waals surface area contributed by atoms with E-state index < -0.39 is 11.9 Å². The summed E-state index contributed by atoms with van der Waals surface area (Å²) in [6.07, 6.45) is -3.05. The molecule has 0 fully saturated rings. The number of rotatable bonds is 3. The number of thioether (sulfide) groups is 1. The number of pyridine rings is 1. The van der Waals surface area contributed by atoms with Crippen LogP contribution in [0.5, 0.6) is 0 Å². The van der Waals surface area contributed by atoms with Crippen LogP contribution in [0, 0.1) is 11.3 Å². The average molecular weight is 369 g/mol. The van der Waals surface area contributed by atoms with Crippen molar-refractivity contribution in [1.29, 1.82) is 5.26 Å². The highest BCUT2D eigenvalue weighted by molar-refractivity contribution is 7.98. The van der Waals surface area contributed by atoms with Gasteiger partial charge >= 0.3 is 6.18 Å². The van der Waals surface area contributed by atoms with Gasteiger partial charge in [-0.15, -0.1) is 11.8 Å². The fraction of sp³-hybridized carbons (Fsp3) is 0.294. The Hall–Kier alpha value is -1.71. The van der Waals surface area contributed by atoms with E-state index in [1.165, 1.54) is 0 Å². The lowest BCUT2D eigenvalue weighted by atomic mass is 10.0. The van der Waals surface area contributed by atoms with Gasteiger partial charge < -0.3 is 0 Å². The van der Waals surface area contributed by atoms with Gasteiger partial charge in [0.25, 0.3) is 0 Å². The summed E-state index contributed by atoms with van der Waals surface area (Å²) in [7, 11) is 0. The second-order valence-electron chi connectivity index (χ2n) is 5.48. The number of hydrogen-bond acceptors (Lipinski definition) is 3. The van der Waals surface area contributed by atoms with Crippen LogP contribution in [0.15, 0.2) is 29.3 Å². The Labute approximate surface area is 146 Å². The highest BCUT2D eigenvalue weighted by Crippen LogP contribution is 2.40. The number of nitriles is 1. The van der Waals surface area contributed by atoms with Crippen LogP contribution in [-0.4, -0.2) is 4.98 Å². The van der Waals surface area contributed by atoms with E-state index in [0.29, 0.717) is 35.6 Å². The van der Waals surface area contributed by atoms with E-state index in [1.54, 1.807) is 24.3 Å². The molecule has 0 spiro atoms. The van der Waals surface area contributed by atoms with Gasteiger partial charge in [0.15, 0.2) is 0 Å². The standard InChI is InChI=1S/C17H12ClF3N2S/c18-11-6-4-10(5-7-11)9-24-16-14(8-22)12-2-1-3-13(12)15(23-16)17(19,20)21/h4-7H,1-3,9H2. The summed E-state index contributed by atoms with van der Waals surface area (Å²) in [5.74, 6) is 0.426. The molecule has 0 N–H and O–H groups in total. The van der Waals surface area contributed by atoms with Gasteiger partial charge in [-0.3, -0.25) is 0 Å². The van der Waals surface area contributed by atoms with Gasteiger partial charge in [0.1, 0.15) is 16.8 Å². The van der Waals surface area contributed by atoms with Crippen LogP contribution in [0.3, 0.4) is 0 Å². The molecule has 0 unspecified atom stereocenters. The minimum absolute atomic E-state index is 0.153. The fourth-order valence-electron chi connectivity index (χ4n) is 2.82. The molecule has 124 valence electrons. The van der Waals surface area contributed by atoms with Crippen molar-refractivity contribution in [2.75, 3.05) is 0 Å². The number of halogens is 4. The number of benzene rings is 1. The van der Waals surface area contributed by atoms with Gasteiger partial charge in [0.05, 0.1) is 5.56 Å². The molecule has 1 aliphatic carbocycles. The van der Waals surface area contributed by atoms with E-state index in [0.717, 1.165) is 17.3 Å². The molecule has 0 bridgehead atoms. The van der Waals surface area contributed by atoms with Crippen LogP contribution in [0.1, 0.15) is 34.4 Å². The first kappa shape index (κ1) is 17.1. The van der Waals surface area contributed by atoms with Gasteiger partial charge in [-0.05, 0) is 48.1 Å². The Balaban J connectivity index is 1.98. The van der Waals surface area contributed by atoms with Crippen LogP contribution >= 0.6 is 23.4 Å². The van der Waals surface area contributed by atoms with Gasteiger partial charge in [0.2, 0.25) is 0 Å². The summed E-state index contributed by atoms with van der Waals surface area (Å²) in [5, 5.41) is 10.2. The fourth-order valence-corrected chi connectivity index (χ4v) is 3.91. The first-order chi connectivity index (χ1) is 11.4. The minimum Gasteiger partial charge on any atom is -0.235 e. The first-order valence-corrected chi connectivity index (χ1v) is 8.67. The molecule has 1 aliphatic rings. The molecule has 0 saturated heterocycles. The van der Waals surface area contributed by atoms with E-state index >= 15 is 0 Å². The smallest absolute Gasteiger partial charge is 0.235 e. The van der Waals surface area contributed by atoms with Crippen molar-refractivity contribution >= 4 is 23.4 Å². The molecule has 0 amide bonds. The van der Waals surface area contributed by atoms with E-state index in [4.69, 9.17) is 11.6 Å². The topological polar surface area (TPSA) is 36.7 Å². The Morgan fingerprint density at radius 2 is 1.83 bits per heavy atom. The molecule has 0 aliphatic heterocycles. The van der Waals surface area contributed by atoms with E-state index in [1.807, 2.05) is 6.07 Å². The molecular weight excluding hydrogens is 357 g/mol. The molecule has 24 heavy (non-hydrogen) atoms. The normalized spacial score (nSPS) is 13.6. The van der Waals surface area contributed by atoms with Crippen molar-refractivity contribution in [2.24, 2.45) is 0 Å². The number of aromatic nitrogens is 1. The summed E-state index contributed by atoms with van der Waals surface area (Å²) < 4.78 is 39.9. The maximum Gasteiger partial charge on any atom is 0.433 e. The maximum atomic E-state index is 13.3. The number of hydrogen-bond donors (Lipinski definition) is 0. The molecule has 2 nitrogen and oxygen atoms in total. The SMILES string of the molecule is N#Cc1c(SCc2ccc(Cl)cc2)nc(C(F)(F)F)c2c1CCC2. The van der Waals surface area contributed by atoms with Crippen molar-refractivity contribution in [3.05, 3.63) is 57.2 Å². The van der Waals surface area contributed by atoms with E-state index in [9.17, 15) is 18.4 Å². The summed E-state index contributed by atoms with van der Waals surface area (Å²) in [5.41, 5.74) is 1.06. The Kier molecular flexibility index (Phi) is 4.75. The lowest BCUT2D eigenvalue weighted by Crippen LogP contribution is -2.14. The minimum atomic E-state index is -4.50. The monoisotopic (exact) mass is 368 g/mol. The second-order valence-corrected chi connectivity index (χ2v) is 6.88. The Morgan fingerprint density at radius 1 is 1.17 bits per heavy atom. The van der Waals surface area contributed by atoms with Gasteiger partial charge in [-0.25, -0.2) is 4.98 Å². The summed E-state index contributed by atoms with van der Waals surface area (Å²) in [6.45, 7) is 0. The summed E-state index contributed by atoms with van der Waals surface area (Å²) in [6, 6.07) is 9.10. The maximum absolute atomic E-state index is 13.3. The lowest BCUT2D eigenvalue weighted by Gasteiger charge is -2.15. The van der Waals surface area contributed by atoms with Crippen LogP contribution in [0.4, 0.5) is 13.2 Å². The zero-order valence-electron chi connectivity index (χ0n) is 12.5. The van der Waals surface area contributed by atoms with Crippen molar-refractivity contribution < 1.29 is 13.2 Å². The van der Waals surface area contributed by atoms with Crippen LogP contribution < -0.4 is 0 Å². The first-order valence-electron chi connectivity index (χ1n) is 7.30. The molecule has 1 aromatic heterocycles. The lowest BCUT2D eigenvalue weighted by molar-refractivity contribution is -0.142. The third-order valence-electron chi connectivity index (χ3n) is 3.90. The quantitative estimate of drug-likeness (QED) is 0.680. The average Bonchev–Trinajstić information content (AvgIpc) is 3.01. The highest BCUT2D eigenvalue weighted by atomic mass is 35.5. The molecule has 0 saturated carbocycles. The molecule has 1 aromatic carbocycles. The molecule has 0 atom stereocenters. The van der Waals surface area contributed by atoms with Crippen LogP contribution in [0.25, 0.3) is 0 Å². The third-order valence-corrected chi connectivity index (χ3v) is 5.20. The zero-order valence-corrected chi connectivity index (χ0v) is 14.0. The van der Waals surface area contributed by atoms with Crippen molar-refractivity contribution in [3.63, 3.8) is 0 Å². The second kappa shape index (κ2) is 6.66. The van der Waals surface area contributed by atoms with Gasteiger partial charge in [-0.2, -0.15) is 18.4 Å². The molecule has 1 heterocycles. The van der Waals surface area contributed by atoms with Crippen LogP contribution in [-0.2, 0) is 24.8 Å². The van der Waals surface area contributed by atoms with Gasteiger partial charge in [0, 0.05) is 10.8 Å². The largest absolute Gasteiger partial charge is 0.433 e. The molecule has 0 radical (unpaired) electrons. The van der Waals surface area contributed by atoms with Crippen molar-refractivity contribution in [3.8, 4) is 6.07 Å². The molecule has 7 heteroatoms. The summed E-state index contributed by atoms with van der Waals surface area (Å²) >= 11 is 6.97. The number of nitrogens with zero attached hydrogens (tertiary/aromatic N) is 2. The van der Waals surface area contributed by atoms with E-state index in [2.05, 4.69) is 4.98 Å². The zero-order chi connectivity index (χ0) is 17.3. The predicted molar refractivity (Wildman–Crippen MR) is 87.0 cm³/mol. The van der Waals surface area contributed by atoms with Crippen molar-refractivity contribution in [2.45, 2.75) is 36.2 Å². The van der Waals surface area contributed by atoms with Crippen LogP contribution in [0.2, 0.25) is 5.02 Å². The Morgan fingerprint density at radius 3 is 2.46 bits per heavy atom. The van der Waals surface area contributed by atoms with Gasteiger partial charge in [-0.1, -0.05) is 23.7 Å². The third kappa shape index (κ3) is 3.38. The predicted octanol–water partition coefficient (Wildman–Crippen LogP) is 5.41. The Bertz CT molecular complexity index is 811. The molecule has 3 rings (SSSR count).